The van der Waals surface area contributed by atoms with E-state index >= 15 is 0 Å². The molecule has 7 aromatic rings. The lowest BCUT2D eigenvalue weighted by molar-refractivity contribution is -0.0553. The van der Waals surface area contributed by atoms with E-state index in [1.165, 1.54) is 11.1 Å². The van der Waals surface area contributed by atoms with Gasteiger partial charge in [-0.1, -0.05) is 75.9 Å². The first-order chi connectivity index (χ1) is 42.1. The van der Waals surface area contributed by atoms with Crippen molar-refractivity contribution in [1.82, 2.24) is 15.0 Å². The minimum Gasteiger partial charge on any atom is -0.441 e. The SMILES string of the molecule is Cc1ccc(S(=O)(=O)OCCO[C@@H]2CCC[C@H](OCc3nc(-c4cccc(C)c4)oc3C)C2)cc1.Cc1cccc(-c2nc(CO[C@H]3CCC[C@@H](OCCN)C3)c(C)o2)c1.Cc1cccc(-c2nc(CO[C@H]3CCC[C@@H](OCCN=[N+]=[N-])C3)c(C)o2)c1. The molecular formula is C67H87N7O12S. The van der Waals surface area contributed by atoms with Crippen LogP contribution in [0.3, 0.4) is 0 Å². The molecule has 3 aromatic heterocycles. The molecule has 0 aliphatic heterocycles. The highest BCUT2D eigenvalue weighted by Crippen LogP contribution is 2.31. The van der Waals surface area contributed by atoms with E-state index < -0.39 is 10.1 Å². The minimum atomic E-state index is -3.78. The Labute approximate surface area is 512 Å². The third kappa shape index (κ3) is 21.1. The van der Waals surface area contributed by atoms with Gasteiger partial charge in [0.1, 0.15) is 34.4 Å². The maximum absolute atomic E-state index is 12.3. The van der Waals surface area contributed by atoms with E-state index in [9.17, 15) is 8.42 Å². The molecule has 0 spiro atoms. The van der Waals surface area contributed by atoms with Crippen LogP contribution in [-0.2, 0) is 62.5 Å². The zero-order valence-corrected chi connectivity index (χ0v) is 52.4. The van der Waals surface area contributed by atoms with Crippen molar-refractivity contribution in [2.24, 2.45) is 10.8 Å². The average Bonchev–Trinajstić information content (AvgIpc) is 3.15. The predicted octanol–water partition coefficient (Wildman–Crippen LogP) is 14.4. The van der Waals surface area contributed by atoms with Crippen molar-refractivity contribution in [1.29, 1.82) is 0 Å². The summed E-state index contributed by atoms with van der Waals surface area (Å²) in [6, 6.07) is 31.0. The second-order valence-electron chi connectivity index (χ2n) is 22.8. The van der Waals surface area contributed by atoms with Crippen LogP contribution in [-0.4, -0.2) is 99.5 Å². The van der Waals surface area contributed by atoms with E-state index in [0.717, 1.165) is 139 Å². The van der Waals surface area contributed by atoms with Crippen molar-refractivity contribution in [3.05, 3.63) is 164 Å². The Balaban J connectivity index is 0.000000172. The van der Waals surface area contributed by atoms with Gasteiger partial charge < -0.3 is 47.4 Å². The number of aromatic nitrogens is 3. The van der Waals surface area contributed by atoms with Crippen molar-refractivity contribution in [2.75, 3.05) is 39.5 Å². The molecule has 20 heteroatoms. The smallest absolute Gasteiger partial charge is 0.297 e. The molecule has 2 N–H and O–H groups in total. The molecule has 3 heterocycles. The normalized spacial score (nSPS) is 19.5. The van der Waals surface area contributed by atoms with Crippen LogP contribution in [0.4, 0.5) is 0 Å². The average molecular weight is 1210 g/mol. The largest absolute Gasteiger partial charge is 0.441 e. The number of hydrogen-bond donors (Lipinski definition) is 1. The summed E-state index contributed by atoms with van der Waals surface area (Å²) in [4.78, 5) is 16.8. The lowest BCUT2D eigenvalue weighted by Crippen LogP contribution is -2.29. The van der Waals surface area contributed by atoms with Gasteiger partial charge in [-0.25, -0.2) is 15.0 Å². The van der Waals surface area contributed by atoms with Crippen LogP contribution >= 0.6 is 0 Å². The van der Waals surface area contributed by atoms with Gasteiger partial charge in [0, 0.05) is 34.7 Å². The molecular weight excluding hydrogens is 1130 g/mol. The summed E-state index contributed by atoms with van der Waals surface area (Å²) >= 11 is 0. The molecule has 0 unspecified atom stereocenters. The van der Waals surface area contributed by atoms with Gasteiger partial charge in [0.25, 0.3) is 10.1 Å². The van der Waals surface area contributed by atoms with Crippen molar-refractivity contribution in [2.45, 2.75) is 187 Å². The molecule has 3 aliphatic rings. The number of oxazole rings is 3. The van der Waals surface area contributed by atoms with E-state index in [1.807, 2.05) is 77.1 Å². The zero-order chi connectivity index (χ0) is 61.5. The van der Waals surface area contributed by atoms with Gasteiger partial charge in [-0.3, -0.25) is 4.18 Å². The highest BCUT2D eigenvalue weighted by molar-refractivity contribution is 7.86. The van der Waals surface area contributed by atoms with Crippen LogP contribution in [0.2, 0.25) is 0 Å². The fraction of sp³-hybridized carbons (Fsp3) is 0.507. The number of ether oxygens (including phenoxy) is 6. The Bertz CT molecular complexity index is 3390. The molecule has 3 aliphatic carbocycles. The second-order valence-corrected chi connectivity index (χ2v) is 24.4. The highest BCUT2D eigenvalue weighted by Gasteiger charge is 2.27. The Morgan fingerprint density at radius 3 is 1.23 bits per heavy atom. The monoisotopic (exact) mass is 1210 g/mol. The van der Waals surface area contributed by atoms with Gasteiger partial charge in [0.2, 0.25) is 17.7 Å². The number of azide groups is 1. The van der Waals surface area contributed by atoms with E-state index in [1.54, 1.807) is 24.3 Å². The molecule has 3 fully saturated rings. The molecule has 0 amide bonds. The Morgan fingerprint density at radius 2 is 0.862 bits per heavy atom. The maximum Gasteiger partial charge on any atom is 0.297 e. The molecule has 10 rings (SSSR count). The fourth-order valence-corrected chi connectivity index (χ4v) is 11.8. The summed E-state index contributed by atoms with van der Waals surface area (Å²) in [6.07, 6.45) is 12.7. The first kappa shape index (κ1) is 66.4. The maximum atomic E-state index is 12.3. The first-order valence-electron chi connectivity index (χ1n) is 30.6. The van der Waals surface area contributed by atoms with Gasteiger partial charge in [0.15, 0.2) is 0 Å². The molecule has 4 aromatic carbocycles. The van der Waals surface area contributed by atoms with Crippen molar-refractivity contribution in [3.8, 4) is 34.4 Å². The molecule has 3 saturated carbocycles. The Kier molecular flexibility index (Phi) is 25.7. The van der Waals surface area contributed by atoms with E-state index in [-0.39, 0.29) is 54.7 Å². The molecule has 87 heavy (non-hydrogen) atoms. The number of hydrogen-bond acceptors (Lipinski definition) is 17. The number of nitrogens with two attached hydrogens (primary N) is 1. The lowest BCUT2D eigenvalue weighted by atomic mass is 9.95. The number of aryl methyl sites for hydroxylation is 7. The summed E-state index contributed by atoms with van der Waals surface area (Å²) < 4.78 is 83.1. The highest BCUT2D eigenvalue weighted by atomic mass is 32.2. The molecule has 0 bridgehead atoms. The topological polar surface area (TPSA) is 252 Å². The Morgan fingerprint density at radius 1 is 0.494 bits per heavy atom. The van der Waals surface area contributed by atoms with Gasteiger partial charge >= 0.3 is 0 Å². The van der Waals surface area contributed by atoms with Gasteiger partial charge in [-0.15, -0.1) is 0 Å². The Hall–Kier alpha value is -6.55. The van der Waals surface area contributed by atoms with Gasteiger partial charge in [-0.2, -0.15) is 8.42 Å². The van der Waals surface area contributed by atoms with Crippen molar-refractivity contribution in [3.63, 3.8) is 0 Å². The molecule has 6 atom stereocenters. The summed E-state index contributed by atoms with van der Waals surface area (Å²) in [7, 11) is -3.78. The van der Waals surface area contributed by atoms with E-state index in [0.29, 0.717) is 63.8 Å². The predicted molar refractivity (Wildman–Crippen MR) is 332 cm³/mol. The summed E-state index contributed by atoms with van der Waals surface area (Å²) in [5, 5.41) is 3.50. The summed E-state index contributed by atoms with van der Waals surface area (Å²) in [5.74, 6) is 4.28. The van der Waals surface area contributed by atoms with Crippen LogP contribution in [0.5, 0.6) is 0 Å². The number of nitrogens with zero attached hydrogens (tertiary/aromatic N) is 6. The number of benzene rings is 4. The van der Waals surface area contributed by atoms with Crippen LogP contribution in [0.25, 0.3) is 44.8 Å². The zero-order valence-electron chi connectivity index (χ0n) is 51.6. The van der Waals surface area contributed by atoms with Crippen LogP contribution in [0.1, 0.15) is 134 Å². The van der Waals surface area contributed by atoms with Crippen LogP contribution < -0.4 is 5.73 Å². The third-order valence-electron chi connectivity index (χ3n) is 15.6. The van der Waals surface area contributed by atoms with Crippen molar-refractivity contribution >= 4 is 10.1 Å². The quantitative estimate of drug-likeness (QED) is 0.0184. The third-order valence-corrected chi connectivity index (χ3v) is 17.0. The standard InChI is InChI=1S/C27H33NO6S.C20H26N4O3.C20H28N2O3/c1-19-10-12-25(13-11-19)35(29,30)33-15-14-31-23-8-5-9-24(17-23)32-18-26-21(3)34-27(28-26)22-7-4-6-20(2)16-22;1-14-5-3-6-16(11-14)20-23-19(15(2)27-20)13-26-18-8-4-7-17(12-18)25-10-9-22-24-21;1-14-5-3-6-16(11-14)20-22-19(15(2)25-20)13-24-18-8-4-7-17(12-18)23-10-9-21/h4,6-7,10-13,16,23-24H,5,8-9,14-15,17-18H2,1-3H3;3,5-6,11,17-18H,4,7-10,12-13H2,1-2H3;3,5-6,11,17-18H,4,7-10,12-13,21H2,1-2H3/t23-,24+;2*17-,18+/m111/s1. The molecule has 0 saturated heterocycles. The lowest BCUT2D eigenvalue weighted by Gasteiger charge is -2.29. The fourth-order valence-electron chi connectivity index (χ4n) is 10.9. The van der Waals surface area contributed by atoms with Crippen LogP contribution in [0.15, 0.2) is 120 Å². The van der Waals surface area contributed by atoms with E-state index in [4.69, 9.17) is 57.1 Å². The van der Waals surface area contributed by atoms with E-state index in [2.05, 4.69) is 69.2 Å². The summed E-state index contributed by atoms with van der Waals surface area (Å²) in [6.45, 7) is 17.4. The minimum absolute atomic E-state index is 0.0145. The van der Waals surface area contributed by atoms with Gasteiger partial charge in [-0.05, 0) is 180 Å². The summed E-state index contributed by atoms with van der Waals surface area (Å²) in [5.41, 5.74) is 23.8. The molecule has 468 valence electrons. The second kappa shape index (κ2) is 33.7. The van der Waals surface area contributed by atoms with Crippen molar-refractivity contribution < 1.29 is 54.3 Å². The number of rotatable bonds is 25. The molecule has 0 radical (unpaired) electrons. The first-order valence-corrected chi connectivity index (χ1v) is 32.0. The van der Waals surface area contributed by atoms with Gasteiger partial charge in [0.05, 0.1) is 87.8 Å². The van der Waals surface area contributed by atoms with Crippen LogP contribution in [0, 0.1) is 48.5 Å². The molecule has 19 nitrogen and oxygen atoms in total.